The van der Waals surface area contributed by atoms with Crippen LogP contribution < -0.4 is 11.5 Å². The molecule has 1 aromatic rings. The lowest BCUT2D eigenvalue weighted by Gasteiger charge is -2.08. The molecule has 76 valence electrons. The molecule has 0 saturated heterocycles. The number of primary amides is 1. The Kier molecular flexibility index (Phi) is 3.12. The molecule has 0 heterocycles. The first-order valence-electron chi connectivity index (χ1n) is 4.69. The number of benzene rings is 1. The molecule has 14 heavy (non-hydrogen) atoms. The van der Waals surface area contributed by atoms with Crippen molar-refractivity contribution in [1.82, 2.24) is 0 Å². The minimum atomic E-state index is -0.437. The summed E-state index contributed by atoms with van der Waals surface area (Å²) in [6, 6.07) is 5.23. The van der Waals surface area contributed by atoms with Crippen LogP contribution in [0.15, 0.2) is 18.2 Å². The molecule has 0 spiro atoms. The van der Waals surface area contributed by atoms with E-state index in [2.05, 4.69) is 13.8 Å². The van der Waals surface area contributed by atoms with Gasteiger partial charge >= 0.3 is 0 Å². The summed E-state index contributed by atoms with van der Waals surface area (Å²) in [5, 5.41) is 0. The predicted molar refractivity (Wildman–Crippen MR) is 57.9 cm³/mol. The summed E-state index contributed by atoms with van der Waals surface area (Å²) in [5.41, 5.74) is 13.1. The van der Waals surface area contributed by atoms with Crippen LogP contribution in [0.25, 0.3) is 0 Å². The summed E-state index contributed by atoms with van der Waals surface area (Å²) in [5.74, 6) is 0.115. The molecule has 0 aromatic heterocycles. The first-order valence-corrected chi connectivity index (χ1v) is 4.69. The third kappa shape index (κ3) is 2.49. The Morgan fingerprint density at radius 1 is 1.43 bits per heavy atom. The zero-order valence-corrected chi connectivity index (χ0v) is 8.58. The number of carbonyl (C=O) groups excluding carboxylic acids is 1. The molecule has 0 fully saturated rings. The highest BCUT2D eigenvalue weighted by Gasteiger charge is 2.05. The molecule has 0 radical (unpaired) electrons. The lowest BCUT2D eigenvalue weighted by atomic mass is 10.00. The molecule has 3 heteroatoms. The van der Waals surface area contributed by atoms with Crippen LogP contribution in [0.1, 0.15) is 29.8 Å². The van der Waals surface area contributed by atoms with Gasteiger partial charge in [0.1, 0.15) is 0 Å². The highest BCUT2D eigenvalue weighted by molar-refractivity contribution is 5.93. The fourth-order valence-electron chi connectivity index (χ4n) is 1.37. The third-order valence-corrected chi connectivity index (χ3v) is 2.06. The number of nitrogen functional groups attached to an aromatic ring is 1. The van der Waals surface area contributed by atoms with Crippen LogP contribution in [-0.4, -0.2) is 5.91 Å². The van der Waals surface area contributed by atoms with Crippen molar-refractivity contribution in [2.45, 2.75) is 20.3 Å². The van der Waals surface area contributed by atoms with E-state index in [0.29, 0.717) is 17.2 Å². The van der Waals surface area contributed by atoms with Crippen molar-refractivity contribution in [3.05, 3.63) is 29.3 Å². The molecule has 1 amide bonds. The number of nitrogens with two attached hydrogens (primary N) is 2. The topological polar surface area (TPSA) is 69.1 Å². The highest BCUT2D eigenvalue weighted by atomic mass is 16.1. The zero-order valence-electron chi connectivity index (χ0n) is 8.58. The van der Waals surface area contributed by atoms with Gasteiger partial charge in [0.2, 0.25) is 5.91 Å². The molecule has 0 unspecified atom stereocenters. The Morgan fingerprint density at radius 2 is 2.07 bits per heavy atom. The van der Waals surface area contributed by atoms with Gasteiger partial charge in [0.25, 0.3) is 0 Å². The summed E-state index contributed by atoms with van der Waals surface area (Å²) < 4.78 is 0. The van der Waals surface area contributed by atoms with E-state index in [1.54, 1.807) is 12.1 Å². The van der Waals surface area contributed by atoms with Gasteiger partial charge in [-0.05, 0) is 30.0 Å². The number of anilines is 1. The molecular weight excluding hydrogens is 176 g/mol. The molecule has 4 N–H and O–H groups in total. The average Bonchev–Trinajstić information content (AvgIpc) is 2.07. The quantitative estimate of drug-likeness (QED) is 0.713. The standard InChI is InChI=1S/C11H16N2O/c1-7(2)5-8-3-4-9(11(13)14)6-10(8)12/h3-4,6-7H,5,12H2,1-2H3,(H2,13,14). The van der Waals surface area contributed by atoms with E-state index >= 15 is 0 Å². The number of amides is 1. The minimum absolute atomic E-state index is 0.437. The van der Waals surface area contributed by atoms with Gasteiger partial charge in [0, 0.05) is 11.3 Å². The smallest absolute Gasteiger partial charge is 0.248 e. The van der Waals surface area contributed by atoms with Crippen LogP contribution in [0.3, 0.4) is 0 Å². The van der Waals surface area contributed by atoms with Gasteiger partial charge in [-0.3, -0.25) is 4.79 Å². The first-order chi connectivity index (χ1) is 6.50. The summed E-state index contributed by atoms with van der Waals surface area (Å²) >= 11 is 0. The van der Waals surface area contributed by atoms with Crippen molar-refractivity contribution in [1.29, 1.82) is 0 Å². The van der Waals surface area contributed by atoms with E-state index in [1.165, 1.54) is 0 Å². The van der Waals surface area contributed by atoms with Crippen LogP contribution in [0, 0.1) is 5.92 Å². The first kappa shape index (κ1) is 10.6. The van der Waals surface area contributed by atoms with E-state index < -0.39 is 5.91 Å². The maximum absolute atomic E-state index is 10.9. The molecule has 1 aromatic carbocycles. The average molecular weight is 192 g/mol. The summed E-state index contributed by atoms with van der Waals surface area (Å²) in [7, 11) is 0. The summed E-state index contributed by atoms with van der Waals surface area (Å²) in [6.07, 6.45) is 0.922. The normalized spacial score (nSPS) is 10.5. The second kappa shape index (κ2) is 4.13. The predicted octanol–water partition coefficient (Wildman–Crippen LogP) is 1.57. The Hall–Kier alpha value is -1.51. The van der Waals surface area contributed by atoms with E-state index in [0.717, 1.165) is 12.0 Å². The Labute approximate surface area is 84.1 Å². The molecule has 0 bridgehead atoms. The van der Waals surface area contributed by atoms with E-state index in [-0.39, 0.29) is 0 Å². The molecule has 0 aliphatic heterocycles. The van der Waals surface area contributed by atoms with E-state index in [4.69, 9.17) is 11.5 Å². The fraction of sp³-hybridized carbons (Fsp3) is 0.364. The molecule has 3 nitrogen and oxygen atoms in total. The summed E-state index contributed by atoms with van der Waals surface area (Å²) in [6.45, 7) is 4.25. The van der Waals surface area contributed by atoms with Crippen LogP contribution in [-0.2, 0) is 6.42 Å². The second-order valence-corrected chi connectivity index (χ2v) is 3.88. The lowest BCUT2D eigenvalue weighted by molar-refractivity contribution is 0.100. The van der Waals surface area contributed by atoms with Crippen molar-refractivity contribution in [3.63, 3.8) is 0 Å². The van der Waals surface area contributed by atoms with Gasteiger partial charge in [-0.15, -0.1) is 0 Å². The lowest BCUT2D eigenvalue weighted by Crippen LogP contribution is -2.12. The number of carbonyl (C=O) groups is 1. The van der Waals surface area contributed by atoms with Gasteiger partial charge < -0.3 is 11.5 Å². The van der Waals surface area contributed by atoms with Crippen LogP contribution >= 0.6 is 0 Å². The van der Waals surface area contributed by atoms with Crippen molar-refractivity contribution in [2.75, 3.05) is 5.73 Å². The monoisotopic (exact) mass is 192 g/mol. The van der Waals surface area contributed by atoms with Gasteiger partial charge in [-0.25, -0.2) is 0 Å². The van der Waals surface area contributed by atoms with Crippen LogP contribution in [0.4, 0.5) is 5.69 Å². The van der Waals surface area contributed by atoms with Crippen LogP contribution in [0.5, 0.6) is 0 Å². The Balaban J connectivity index is 2.95. The van der Waals surface area contributed by atoms with Gasteiger partial charge in [-0.1, -0.05) is 19.9 Å². The van der Waals surface area contributed by atoms with Crippen LogP contribution in [0.2, 0.25) is 0 Å². The molecular formula is C11H16N2O. The zero-order chi connectivity index (χ0) is 10.7. The number of rotatable bonds is 3. The largest absolute Gasteiger partial charge is 0.398 e. The maximum atomic E-state index is 10.9. The fourth-order valence-corrected chi connectivity index (χ4v) is 1.37. The van der Waals surface area contributed by atoms with Crippen molar-refractivity contribution in [3.8, 4) is 0 Å². The number of hydrogen-bond donors (Lipinski definition) is 2. The molecule has 0 aliphatic rings. The SMILES string of the molecule is CC(C)Cc1ccc(C(N)=O)cc1N. The molecule has 0 atom stereocenters. The minimum Gasteiger partial charge on any atom is -0.398 e. The van der Waals surface area contributed by atoms with Crippen molar-refractivity contribution < 1.29 is 4.79 Å². The highest BCUT2D eigenvalue weighted by Crippen LogP contribution is 2.17. The molecule has 1 rings (SSSR count). The van der Waals surface area contributed by atoms with Gasteiger partial charge in [-0.2, -0.15) is 0 Å². The van der Waals surface area contributed by atoms with E-state index in [9.17, 15) is 4.79 Å². The summed E-state index contributed by atoms with van der Waals surface area (Å²) in [4.78, 5) is 10.9. The number of hydrogen-bond acceptors (Lipinski definition) is 2. The Bertz CT molecular complexity index is 345. The van der Waals surface area contributed by atoms with Crippen molar-refractivity contribution in [2.24, 2.45) is 11.7 Å². The maximum Gasteiger partial charge on any atom is 0.248 e. The molecule has 0 saturated carbocycles. The third-order valence-electron chi connectivity index (χ3n) is 2.06. The Morgan fingerprint density at radius 3 is 2.50 bits per heavy atom. The van der Waals surface area contributed by atoms with Crippen molar-refractivity contribution >= 4 is 11.6 Å². The van der Waals surface area contributed by atoms with Gasteiger partial charge in [0.05, 0.1) is 0 Å². The molecule has 0 aliphatic carbocycles. The van der Waals surface area contributed by atoms with Gasteiger partial charge in [0.15, 0.2) is 0 Å². The van der Waals surface area contributed by atoms with E-state index in [1.807, 2.05) is 6.07 Å². The second-order valence-electron chi connectivity index (χ2n) is 3.88.